The summed E-state index contributed by atoms with van der Waals surface area (Å²) in [5.74, 6) is 0.427. The zero-order chi connectivity index (χ0) is 26.3. The molecule has 3 N–H and O–H groups in total. The molecule has 2 aromatic heterocycles. The average Bonchev–Trinajstić information content (AvgIpc) is 3.19. The Bertz CT molecular complexity index is 1420. The second-order valence-corrected chi connectivity index (χ2v) is 10.4. The molecule has 1 fully saturated rings. The van der Waals surface area contributed by atoms with E-state index in [-0.39, 0.29) is 30.6 Å². The fourth-order valence-corrected chi connectivity index (χ4v) is 5.52. The maximum Gasteiger partial charge on any atom is 0.412 e. The number of nitrogens with zero attached hydrogens (tertiary/aromatic N) is 4. The van der Waals surface area contributed by atoms with Gasteiger partial charge in [0.25, 0.3) is 5.56 Å². The van der Waals surface area contributed by atoms with Gasteiger partial charge in [0, 0.05) is 43.4 Å². The van der Waals surface area contributed by atoms with Gasteiger partial charge in [-0.25, -0.2) is 9.78 Å². The smallest absolute Gasteiger partial charge is 0.412 e. The van der Waals surface area contributed by atoms with E-state index >= 15 is 0 Å². The van der Waals surface area contributed by atoms with Crippen LogP contribution in [0, 0.1) is 6.92 Å². The number of anilines is 1. The van der Waals surface area contributed by atoms with Crippen LogP contribution in [-0.4, -0.2) is 54.5 Å². The third-order valence-electron chi connectivity index (χ3n) is 7.76. The molecule has 1 atom stereocenters. The Balaban J connectivity index is 1.54. The van der Waals surface area contributed by atoms with Gasteiger partial charge in [0.2, 0.25) is 5.91 Å². The van der Waals surface area contributed by atoms with E-state index in [0.29, 0.717) is 55.7 Å². The Kier molecular flexibility index (Phi) is 6.53. The second-order valence-electron chi connectivity index (χ2n) is 10.4. The molecule has 37 heavy (non-hydrogen) atoms. The fraction of sp³-hybridized carbons (Fsp3) is 0.481. The summed E-state index contributed by atoms with van der Waals surface area (Å²) in [5.41, 5.74) is 2.90. The second kappa shape index (κ2) is 9.66. The summed E-state index contributed by atoms with van der Waals surface area (Å²) >= 11 is 0. The highest BCUT2D eigenvalue weighted by Gasteiger charge is 2.35. The van der Waals surface area contributed by atoms with E-state index in [0.717, 1.165) is 23.1 Å². The molecule has 10 heteroatoms. The van der Waals surface area contributed by atoms with E-state index in [1.165, 1.54) is 11.0 Å². The highest BCUT2D eigenvalue weighted by atomic mass is 16.4. The van der Waals surface area contributed by atoms with Crippen LogP contribution in [0.2, 0.25) is 0 Å². The SMILES string of the molecule is Cc1cc2c(c3nc(CCn4ccccc4=O)n(CC(=O)NCC4(O)CCC4)c13)CCC(C)N2C(=O)O. The van der Waals surface area contributed by atoms with Crippen LogP contribution in [0.25, 0.3) is 11.0 Å². The van der Waals surface area contributed by atoms with Crippen LogP contribution in [0.15, 0.2) is 35.3 Å². The number of amides is 2. The molecule has 1 unspecified atom stereocenters. The standard InChI is InChI=1S/C27H33N5O5/c1-17-14-20-19(8-7-18(2)32(20)26(35)36)24-25(17)31(15-22(33)28-16-27(37)10-5-11-27)21(29-24)9-13-30-12-4-3-6-23(30)34/h3-4,6,12,14,18,37H,5,7-11,13,15-16H2,1-2H3,(H,28,33)(H,35,36). The van der Waals surface area contributed by atoms with E-state index < -0.39 is 11.7 Å². The van der Waals surface area contributed by atoms with Crippen molar-refractivity contribution in [2.24, 2.45) is 0 Å². The number of pyridine rings is 1. The van der Waals surface area contributed by atoms with Crippen molar-refractivity contribution in [3.8, 4) is 0 Å². The zero-order valence-electron chi connectivity index (χ0n) is 21.2. The lowest BCUT2D eigenvalue weighted by atomic mass is 9.80. The number of carboxylic acid groups (broad SMARTS) is 1. The molecule has 2 aliphatic rings. The van der Waals surface area contributed by atoms with Crippen LogP contribution >= 0.6 is 0 Å². The molecule has 1 aliphatic heterocycles. The Morgan fingerprint density at radius 2 is 2.05 bits per heavy atom. The molecule has 10 nitrogen and oxygen atoms in total. The van der Waals surface area contributed by atoms with Gasteiger partial charge in [-0.2, -0.15) is 0 Å². The average molecular weight is 508 g/mol. The van der Waals surface area contributed by atoms with E-state index in [1.54, 1.807) is 22.9 Å². The molecule has 3 aromatic rings. The number of rotatable bonds is 7. The molecule has 5 rings (SSSR count). The molecule has 0 bridgehead atoms. The molecular weight excluding hydrogens is 474 g/mol. The van der Waals surface area contributed by atoms with Gasteiger partial charge in [-0.05, 0) is 63.6 Å². The van der Waals surface area contributed by atoms with E-state index in [9.17, 15) is 24.6 Å². The molecular formula is C27H33N5O5. The fourth-order valence-electron chi connectivity index (χ4n) is 5.52. The summed E-state index contributed by atoms with van der Waals surface area (Å²) in [7, 11) is 0. The van der Waals surface area contributed by atoms with Gasteiger partial charge in [0.05, 0.1) is 22.3 Å². The topological polar surface area (TPSA) is 130 Å². The highest BCUT2D eigenvalue weighted by molar-refractivity contribution is 5.96. The number of carbonyl (C=O) groups is 2. The predicted molar refractivity (Wildman–Crippen MR) is 139 cm³/mol. The summed E-state index contributed by atoms with van der Waals surface area (Å²) in [6.07, 6.45) is 4.83. The monoisotopic (exact) mass is 507 g/mol. The first-order valence-corrected chi connectivity index (χ1v) is 12.9. The van der Waals surface area contributed by atoms with Crippen molar-refractivity contribution in [1.82, 2.24) is 19.4 Å². The van der Waals surface area contributed by atoms with Crippen LogP contribution in [0.1, 0.15) is 49.6 Å². The number of carbonyl (C=O) groups excluding carboxylic acids is 1. The lowest BCUT2D eigenvalue weighted by Gasteiger charge is -2.36. The summed E-state index contributed by atoms with van der Waals surface area (Å²) < 4.78 is 3.48. The van der Waals surface area contributed by atoms with Crippen molar-refractivity contribution < 1.29 is 19.8 Å². The number of imidazole rings is 1. The highest BCUT2D eigenvalue weighted by Crippen LogP contribution is 2.38. The molecule has 0 saturated heterocycles. The Morgan fingerprint density at radius 3 is 2.73 bits per heavy atom. The number of aryl methyl sites for hydroxylation is 4. The number of aliphatic hydroxyl groups is 1. The molecule has 3 heterocycles. The van der Waals surface area contributed by atoms with Crippen LogP contribution in [0.3, 0.4) is 0 Å². The van der Waals surface area contributed by atoms with E-state index in [4.69, 9.17) is 4.98 Å². The van der Waals surface area contributed by atoms with Crippen molar-refractivity contribution in [3.63, 3.8) is 0 Å². The normalized spacial score (nSPS) is 18.4. The first kappa shape index (κ1) is 25.0. The van der Waals surface area contributed by atoms with Crippen molar-refractivity contribution in [2.45, 2.75) is 77.1 Å². The first-order valence-electron chi connectivity index (χ1n) is 12.9. The van der Waals surface area contributed by atoms with Crippen molar-refractivity contribution >= 4 is 28.7 Å². The van der Waals surface area contributed by atoms with Gasteiger partial charge >= 0.3 is 6.09 Å². The third kappa shape index (κ3) is 4.73. The van der Waals surface area contributed by atoms with Gasteiger partial charge < -0.3 is 24.7 Å². The number of hydrogen-bond donors (Lipinski definition) is 3. The number of benzene rings is 1. The van der Waals surface area contributed by atoms with Crippen molar-refractivity contribution in [2.75, 3.05) is 11.4 Å². The molecule has 1 aliphatic carbocycles. The van der Waals surface area contributed by atoms with Crippen LogP contribution in [-0.2, 0) is 30.7 Å². The van der Waals surface area contributed by atoms with Crippen LogP contribution < -0.4 is 15.8 Å². The Labute approximate surface area is 214 Å². The Morgan fingerprint density at radius 1 is 1.27 bits per heavy atom. The summed E-state index contributed by atoms with van der Waals surface area (Å²) in [4.78, 5) is 43.6. The first-order chi connectivity index (χ1) is 17.7. The minimum atomic E-state index is -0.997. The lowest BCUT2D eigenvalue weighted by Crippen LogP contribution is -2.48. The van der Waals surface area contributed by atoms with Gasteiger partial charge in [-0.15, -0.1) is 0 Å². The van der Waals surface area contributed by atoms with Gasteiger partial charge in [-0.3, -0.25) is 14.5 Å². The number of hydrogen-bond acceptors (Lipinski definition) is 5. The largest absolute Gasteiger partial charge is 0.465 e. The maximum absolute atomic E-state index is 13.0. The van der Waals surface area contributed by atoms with Gasteiger partial charge in [0.1, 0.15) is 12.4 Å². The molecule has 0 spiro atoms. The summed E-state index contributed by atoms with van der Waals surface area (Å²) in [6, 6.07) is 6.73. The Hall–Kier alpha value is -3.66. The van der Waals surface area contributed by atoms with Crippen molar-refractivity contribution in [1.29, 1.82) is 0 Å². The minimum Gasteiger partial charge on any atom is -0.465 e. The molecule has 0 radical (unpaired) electrons. The van der Waals surface area contributed by atoms with Crippen LogP contribution in [0.5, 0.6) is 0 Å². The summed E-state index contributed by atoms with van der Waals surface area (Å²) in [6.45, 7) is 4.43. The molecule has 1 saturated carbocycles. The number of nitrogens with one attached hydrogen (secondary N) is 1. The number of fused-ring (bicyclic) bond motifs is 3. The van der Waals surface area contributed by atoms with Crippen LogP contribution in [0.4, 0.5) is 10.5 Å². The van der Waals surface area contributed by atoms with E-state index in [2.05, 4.69) is 5.32 Å². The maximum atomic E-state index is 13.0. The summed E-state index contributed by atoms with van der Waals surface area (Å²) in [5, 5.41) is 23.1. The van der Waals surface area contributed by atoms with E-state index in [1.807, 2.05) is 24.5 Å². The third-order valence-corrected chi connectivity index (χ3v) is 7.76. The zero-order valence-corrected chi connectivity index (χ0v) is 21.2. The van der Waals surface area contributed by atoms with Gasteiger partial charge in [0.15, 0.2) is 0 Å². The minimum absolute atomic E-state index is 0.0181. The van der Waals surface area contributed by atoms with Crippen molar-refractivity contribution in [3.05, 3.63) is 57.8 Å². The van der Waals surface area contributed by atoms with Gasteiger partial charge in [-0.1, -0.05) is 6.07 Å². The predicted octanol–water partition coefficient (Wildman–Crippen LogP) is 2.60. The molecule has 196 valence electrons. The number of aromatic nitrogens is 3. The molecule has 1 aromatic carbocycles. The lowest BCUT2D eigenvalue weighted by molar-refractivity contribution is -0.124. The molecule has 2 amide bonds. The quantitative estimate of drug-likeness (QED) is 0.451.